The van der Waals surface area contributed by atoms with Crippen molar-refractivity contribution >= 4 is 0 Å². The molecular weight excluding hydrogens is 286 g/mol. The van der Waals surface area contributed by atoms with Crippen LogP contribution in [0.4, 0.5) is 8.78 Å². The van der Waals surface area contributed by atoms with Crippen molar-refractivity contribution < 1.29 is 18.3 Å². The number of hydrogen-bond donors (Lipinski definition) is 0. The van der Waals surface area contributed by atoms with Gasteiger partial charge in [0.25, 0.3) is 0 Å². The van der Waals surface area contributed by atoms with Crippen molar-refractivity contribution in [2.45, 2.75) is 64.4 Å². The molecule has 1 aromatic carbocycles. The summed E-state index contributed by atoms with van der Waals surface area (Å²) in [5.41, 5.74) is 0. The second-order valence-corrected chi connectivity index (χ2v) is 5.65. The third kappa shape index (κ3) is 8.32. The Morgan fingerprint density at radius 2 is 1.64 bits per heavy atom. The minimum absolute atomic E-state index is 0.0302. The van der Waals surface area contributed by atoms with E-state index in [2.05, 4.69) is 6.92 Å². The van der Waals surface area contributed by atoms with Gasteiger partial charge in [-0.1, -0.05) is 50.8 Å². The SMILES string of the molecule is CCCCCCC(C)OC[C@@H](F)[C@H](F)COc1ccccc1. The lowest BCUT2D eigenvalue weighted by molar-refractivity contribution is -0.00948. The molecule has 126 valence electrons. The standard InChI is InChI=1S/C18H28F2O2/c1-3-4-5-7-10-15(2)21-13-17(19)18(20)14-22-16-11-8-6-9-12-16/h6,8-9,11-12,15,17-18H,3-5,7,10,13-14H2,1-2H3/t15?,17-,18-/m1/s1. The summed E-state index contributed by atoms with van der Waals surface area (Å²) in [6.07, 6.45) is 2.17. The van der Waals surface area contributed by atoms with Gasteiger partial charge in [0.2, 0.25) is 0 Å². The van der Waals surface area contributed by atoms with E-state index in [1.807, 2.05) is 13.0 Å². The number of rotatable bonds is 12. The van der Waals surface area contributed by atoms with Crippen molar-refractivity contribution in [3.05, 3.63) is 30.3 Å². The second kappa shape index (κ2) is 11.4. The third-order valence-electron chi connectivity index (χ3n) is 3.55. The molecule has 3 atom stereocenters. The first kappa shape index (κ1) is 18.9. The van der Waals surface area contributed by atoms with Gasteiger partial charge in [-0.15, -0.1) is 0 Å². The van der Waals surface area contributed by atoms with Gasteiger partial charge in [-0.25, -0.2) is 8.78 Å². The van der Waals surface area contributed by atoms with Crippen LogP contribution in [0.3, 0.4) is 0 Å². The lowest BCUT2D eigenvalue weighted by Crippen LogP contribution is -2.30. The Morgan fingerprint density at radius 3 is 2.32 bits per heavy atom. The maximum absolute atomic E-state index is 13.7. The van der Waals surface area contributed by atoms with E-state index < -0.39 is 12.3 Å². The Balaban J connectivity index is 2.14. The molecule has 4 heteroatoms. The summed E-state index contributed by atoms with van der Waals surface area (Å²) in [6.45, 7) is 3.56. The van der Waals surface area contributed by atoms with Crippen LogP contribution in [0.5, 0.6) is 5.75 Å². The quantitative estimate of drug-likeness (QED) is 0.499. The molecule has 0 aromatic heterocycles. The molecule has 0 bridgehead atoms. The van der Waals surface area contributed by atoms with E-state index in [1.165, 1.54) is 19.3 Å². The number of para-hydroxylation sites is 1. The first-order valence-corrected chi connectivity index (χ1v) is 8.21. The molecule has 1 rings (SSSR count). The van der Waals surface area contributed by atoms with Crippen molar-refractivity contribution in [3.63, 3.8) is 0 Å². The summed E-state index contributed by atoms with van der Waals surface area (Å²) >= 11 is 0. The van der Waals surface area contributed by atoms with Gasteiger partial charge < -0.3 is 9.47 Å². The maximum Gasteiger partial charge on any atom is 0.167 e. The smallest absolute Gasteiger partial charge is 0.167 e. The Hall–Kier alpha value is -1.16. The van der Waals surface area contributed by atoms with Crippen molar-refractivity contribution in [1.82, 2.24) is 0 Å². The number of ether oxygens (including phenoxy) is 2. The molecule has 0 saturated heterocycles. The summed E-state index contributed by atoms with van der Waals surface area (Å²) < 4.78 is 38.0. The third-order valence-corrected chi connectivity index (χ3v) is 3.55. The minimum Gasteiger partial charge on any atom is -0.490 e. The van der Waals surface area contributed by atoms with Gasteiger partial charge in [-0.05, 0) is 25.5 Å². The van der Waals surface area contributed by atoms with Gasteiger partial charge in [0.15, 0.2) is 12.3 Å². The van der Waals surface area contributed by atoms with Crippen LogP contribution in [0, 0.1) is 0 Å². The maximum atomic E-state index is 13.7. The van der Waals surface area contributed by atoms with Gasteiger partial charge in [-0.2, -0.15) is 0 Å². The zero-order valence-electron chi connectivity index (χ0n) is 13.6. The van der Waals surface area contributed by atoms with Gasteiger partial charge in [0.05, 0.1) is 12.7 Å². The number of hydrogen-bond acceptors (Lipinski definition) is 2. The van der Waals surface area contributed by atoms with Crippen molar-refractivity contribution in [3.8, 4) is 5.75 Å². The zero-order valence-corrected chi connectivity index (χ0v) is 13.6. The van der Waals surface area contributed by atoms with E-state index >= 15 is 0 Å². The predicted octanol–water partition coefficient (Wildman–Crippen LogP) is 5.12. The topological polar surface area (TPSA) is 18.5 Å². The lowest BCUT2D eigenvalue weighted by atomic mass is 10.1. The van der Waals surface area contributed by atoms with E-state index in [-0.39, 0.29) is 19.3 Å². The highest BCUT2D eigenvalue weighted by Crippen LogP contribution is 2.13. The van der Waals surface area contributed by atoms with E-state index in [1.54, 1.807) is 24.3 Å². The van der Waals surface area contributed by atoms with Crippen LogP contribution in [0.1, 0.15) is 46.0 Å². The number of unbranched alkanes of at least 4 members (excludes halogenated alkanes) is 3. The fourth-order valence-electron chi connectivity index (χ4n) is 2.10. The van der Waals surface area contributed by atoms with Crippen LogP contribution in [-0.4, -0.2) is 31.7 Å². The molecule has 0 N–H and O–H groups in total. The van der Waals surface area contributed by atoms with Crippen LogP contribution in [0.2, 0.25) is 0 Å². The van der Waals surface area contributed by atoms with Crippen LogP contribution >= 0.6 is 0 Å². The van der Waals surface area contributed by atoms with Crippen LogP contribution in [0.25, 0.3) is 0 Å². The van der Waals surface area contributed by atoms with Gasteiger partial charge in [-0.3, -0.25) is 0 Å². The molecule has 0 saturated carbocycles. The Bertz CT molecular complexity index is 373. The molecule has 1 unspecified atom stereocenters. The molecule has 0 spiro atoms. The summed E-state index contributed by atoms with van der Waals surface area (Å²) in [7, 11) is 0. The molecule has 22 heavy (non-hydrogen) atoms. The van der Waals surface area contributed by atoms with E-state index in [4.69, 9.17) is 9.47 Å². The minimum atomic E-state index is -1.67. The Labute approximate surface area is 132 Å². The molecule has 0 aliphatic heterocycles. The Kier molecular flexibility index (Phi) is 9.80. The average Bonchev–Trinajstić information content (AvgIpc) is 2.55. The molecule has 1 aromatic rings. The molecule has 0 radical (unpaired) electrons. The van der Waals surface area contributed by atoms with Crippen LogP contribution in [0.15, 0.2) is 30.3 Å². The van der Waals surface area contributed by atoms with Gasteiger partial charge in [0, 0.05) is 0 Å². The van der Waals surface area contributed by atoms with Crippen LogP contribution < -0.4 is 4.74 Å². The highest BCUT2D eigenvalue weighted by Gasteiger charge is 2.22. The van der Waals surface area contributed by atoms with Gasteiger partial charge >= 0.3 is 0 Å². The number of halogens is 2. The molecule has 0 fully saturated rings. The summed E-state index contributed by atoms with van der Waals surface area (Å²) in [4.78, 5) is 0. The van der Waals surface area contributed by atoms with Crippen molar-refractivity contribution in [2.24, 2.45) is 0 Å². The monoisotopic (exact) mass is 314 g/mol. The highest BCUT2D eigenvalue weighted by atomic mass is 19.2. The van der Waals surface area contributed by atoms with E-state index in [0.717, 1.165) is 12.8 Å². The molecule has 0 aliphatic rings. The lowest BCUT2D eigenvalue weighted by Gasteiger charge is -2.18. The van der Waals surface area contributed by atoms with Crippen LogP contribution in [-0.2, 0) is 4.74 Å². The fraction of sp³-hybridized carbons (Fsp3) is 0.667. The molecule has 2 nitrogen and oxygen atoms in total. The summed E-state index contributed by atoms with van der Waals surface area (Å²) in [5.74, 6) is 0.544. The van der Waals surface area contributed by atoms with Gasteiger partial charge in [0.1, 0.15) is 12.4 Å². The summed E-state index contributed by atoms with van der Waals surface area (Å²) in [5, 5.41) is 0. The molecular formula is C18H28F2O2. The van der Waals surface area contributed by atoms with E-state index in [0.29, 0.717) is 5.75 Å². The molecule has 0 amide bonds. The zero-order chi connectivity index (χ0) is 16.2. The highest BCUT2D eigenvalue weighted by molar-refractivity contribution is 5.20. The first-order chi connectivity index (χ1) is 10.6. The fourth-order valence-corrected chi connectivity index (χ4v) is 2.10. The summed E-state index contributed by atoms with van der Waals surface area (Å²) in [6, 6.07) is 8.86. The largest absolute Gasteiger partial charge is 0.490 e. The van der Waals surface area contributed by atoms with E-state index in [9.17, 15) is 8.78 Å². The van der Waals surface area contributed by atoms with Crippen molar-refractivity contribution in [1.29, 1.82) is 0 Å². The average molecular weight is 314 g/mol. The normalized spacial score (nSPS) is 15.3. The predicted molar refractivity (Wildman–Crippen MR) is 85.9 cm³/mol. The molecule has 0 heterocycles. The van der Waals surface area contributed by atoms with Crippen molar-refractivity contribution in [2.75, 3.05) is 13.2 Å². The Morgan fingerprint density at radius 1 is 0.955 bits per heavy atom. The number of alkyl halides is 2. The second-order valence-electron chi connectivity index (χ2n) is 5.65. The molecule has 0 aliphatic carbocycles. The first-order valence-electron chi connectivity index (χ1n) is 8.21. The number of benzene rings is 1.